The van der Waals surface area contributed by atoms with Gasteiger partial charge < -0.3 is 34.7 Å². The summed E-state index contributed by atoms with van der Waals surface area (Å²) in [6.07, 6.45) is 8.33. The Balaban J connectivity index is 0.956. The molecule has 14 heteroatoms. The lowest BCUT2D eigenvalue weighted by molar-refractivity contribution is -0.138. The first-order valence-electron chi connectivity index (χ1n) is 18.0. The Morgan fingerprint density at radius 3 is 2.29 bits per heavy atom. The van der Waals surface area contributed by atoms with E-state index in [4.69, 9.17) is 19.9 Å². The van der Waals surface area contributed by atoms with E-state index in [-0.39, 0.29) is 36.8 Å². The van der Waals surface area contributed by atoms with Crippen molar-refractivity contribution in [3.63, 3.8) is 0 Å². The third-order valence-electron chi connectivity index (χ3n) is 9.14. The van der Waals surface area contributed by atoms with Crippen LogP contribution in [0, 0.1) is 6.92 Å². The highest BCUT2D eigenvalue weighted by Gasteiger charge is 2.23. The molecule has 0 bridgehead atoms. The van der Waals surface area contributed by atoms with Gasteiger partial charge in [0.1, 0.15) is 5.52 Å². The summed E-state index contributed by atoms with van der Waals surface area (Å²) in [6.45, 7) is 12.2. The summed E-state index contributed by atoms with van der Waals surface area (Å²) in [5, 5.41) is 3.48. The number of benzene rings is 1. The van der Waals surface area contributed by atoms with Crippen LogP contribution in [0.2, 0.25) is 0 Å². The van der Waals surface area contributed by atoms with Crippen LogP contribution in [0.4, 0.5) is 11.8 Å². The van der Waals surface area contributed by atoms with Crippen molar-refractivity contribution in [2.45, 2.75) is 52.6 Å². The fourth-order valence-corrected chi connectivity index (χ4v) is 6.26. The van der Waals surface area contributed by atoms with Crippen LogP contribution in [0.5, 0.6) is 0 Å². The molecule has 3 amide bonds. The molecule has 1 fully saturated rings. The summed E-state index contributed by atoms with van der Waals surface area (Å²) in [5.41, 5.74) is 11.6. The van der Waals surface area contributed by atoms with E-state index in [2.05, 4.69) is 63.0 Å². The van der Waals surface area contributed by atoms with Gasteiger partial charge in [-0.1, -0.05) is 38.0 Å². The van der Waals surface area contributed by atoms with Gasteiger partial charge in [-0.05, 0) is 36.1 Å². The smallest absolute Gasteiger partial charge is 0.253 e. The number of ether oxygens (including phenoxy) is 3. The first-order chi connectivity index (χ1) is 24.8. The number of imide groups is 1. The number of nitrogens with two attached hydrogens (primary N) is 1. The van der Waals surface area contributed by atoms with Gasteiger partial charge >= 0.3 is 0 Å². The molecule has 51 heavy (non-hydrogen) atoms. The van der Waals surface area contributed by atoms with E-state index < -0.39 is 0 Å². The Morgan fingerprint density at radius 1 is 0.882 bits per heavy atom. The summed E-state index contributed by atoms with van der Waals surface area (Å²) in [6, 6.07) is 8.68. The van der Waals surface area contributed by atoms with Gasteiger partial charge in [0.05, 0.1) is 58.1 Å². The van der Waals surface area contributed by atoms with Crippen LogP contribution in [0.1, 0.15) is 49.3 Å². The molecule has 0 aliphatic carbocycles. The number of carbonyl (C=O) groups excluding carboxylic acids is 3. The minimum atomic E-state index is -0.312. The fraction of sp³-hybridized carbons (Fsp3) is 0.541. The third kappa shape index (κ3) is 11.1. The van der Waals surface area contributed by atoms with Crippen LogP contribution in [0.15, 0.2) is 42.6 Å². The zero-order chi connectivity index (χ0) is 36.0. The monoisotopic (exact) mass is 704 g/mol. The van der Waals surface area contributed by atoms with Crippen LogP contribution in [0.25, 0.3) is 11.0 Å². The first kappa shape index (κ1) is 37.9. The molecule has 1 saturated heterocycles. The second kappa shape index (κ2) is 19.3. The molecule has 0 unspecified atom stereocenters. The predicted molar refractivity (Wildman–Crippen MR) is 195 cm³/mol. The molecule has 4 heterocycles. The van der Waals surface area contributed by atoms with Gasteiger partial charge in [-0.3, -0.25) is 24.2 Å². The molecule has 3 aromatic rings. The molecule has 14 nitrogen and oxygen atoms in total. The molecule has 0 saturated carbocycles. The van der Waals surface area contributed by atoms with Crippen molar-refractivity contribution in [2.24, 2.45) is 0 Å². The van der Waals surface area contributed by atoms with E-state index in [9.17, 15) is 14.4 Å². The number of fused-ring (bicyclic) bond motifs is 1. The molecule has 2 aliphatic rings. The Morgan fingerprint density at radius 2 is 1.59 bits per heavy atom. The maximum atomic E-state index is 12.8. The number of piperazine rings is 1. The average molecular weight is 705 g/mol. The molecule has 1 aromatic carbocycles. The largest absolute Gasteiger partial charge is 0.379 e. The zero-order valence-electron chi connectivity index (χ0n) is 30.0. The molecule has 276 valence electrons. The Hall–Kier alpha value is -4.37. The lowest BCUT2D eigenvalue weighted by Gasteiger charge is -2.35. The van der Waals surface area contributed by atoms with Gasteiger partial charge in [0.25, 0.3) is 11.8 Å². The number of amides is 3. The van der Waals surface area contributed by atoms with E-state index in [0.29, 0.717) is 59.1 Å². The van der Waals surface area contributed by atoms with Gasteiger partial charge in [0, 0.05) is 64.2 Å². The third-order valence-corrected chi connectivity index (χ3v) is 9.14. The summed E-state index contributed by atoms with van der Waals surface area (Å²) in [5.74, 6) is 0.549. The number of hydrogen-bond acceptors (Lipinski definition) is 11. The fourth-order valence-electron chi connectivity index (χ4n) is 6.26. The minimum absolute atomic E-state index is 0.110. The lowest BCUT2D eigenvalue weighted by atomic mass is 10.0. The standard InChI is InChI=1S/C37H52N8O6/c1-3-4-5-12-39-36-35-31(40-37(38)41-36)10-13-44(35)27-30-7-6-29(25-28(30)2)26-42-14-16-43(17-15-42)32(46)11-19-49-21-23-51-24-22-50-20-18-45-33(47)8-9-34(45)48/h6-10,13,25H,3-5,11-12,14-24,26-27H2,1-2H3,(H3,38,39,40,41). The molecule has 2 aliphatic heterocycles. The quantitative estimate of drug-likeness (QED) is 0.124. The normalized spacial score (nSPS) is 15.1. The maximum Gasteiger partial charge on any atom is 0.253 e. The van der Waals surface area contributed by atoms with E-state index >= 15 is 0 Å². The van der Waals surface area contributed by atoms with Crippen molar-refractivity contribution < 1.29 is 28.6 Å². The highest BCUT2D eigenvalue weighted by Crippen LogP contribution is 2.25. The van der Waals surface area contributed by atoms with Crippen molar-refractivity contribution in [3.8, 4) is 0 Å². The number of nitrogens with zero attached hydrogens (tertiary/aromatic N) is 6. The Kier molecular flexibility index (Phi) is 14.3. The average Bonchev–Trinajstić information content (AvgIpc) is 3.67. The van der Waals surface area contributed by atoms with Crippen LogP contribution < -0.4 is 11.1 Å². The minimum Gasteiger partial charge on any atom is -0.379 e. The van der Waals surface area contributed by atoms with E-state index in [1.54, 1.807) is 0 Å². The SMILES string of the molecule is CCCCCNc1nc(N)nc2ccn(Cc3ccc(CN4CCN(C(=O)CCOCCOCCOCCN5C(=O)C=CC5=O)CC4)cc3C)c12. The van der Waals surface area contributed by atoms with Crippen molar-refractivity contribution in [3.05, 3.63) is 59.3 Å². The molecule has 2 aromatic heterocycles. The van der Waals surface area contributed by atoms with Crippen LogP contribution in [-0.4, -0.2) is 126 Å². The number of aromatic nitrogens is 3. The molecular formula is C37H52N8O6. The Bertz CT molecular complexity index is 1630. The van der Waals surface area contributed by atoms with E-state index in [1.165, 1.54) is 35.3 Å². The number of hydrogen-bond donors (Lipinski definition) is 2. The summed E-state index contributed by atoms with van der Waals surface area (Å²) in [4.78, 5) is 50.2. The van der Waals surface area contributed by atoms with Crippen molar-refractivity contribution in [1.29, 1.82) is 0 Å². The summed E-state index contributed by atoms with van der Waals surface area (Å²) in [7, 11) is 0. The van der Waals surface area contributed by atoms with Gasteiger partial charge in [-0.25, -0.2) is 4.98 Å². The maximum absolute atomic E-state index is 12.8. The van der Waals surface area contributed by atoms with Crippen LogP contribution in [0.3, 0.4) is 0 Å². The van der Waals surface area contributed by atoms with Crippen LogP contribution in [-0.2, 0) is 41.7 Å². The second-order valence-electron chi connectivity index (χ2n) is 12.9. The highest BCUT2D eigenvalue weighted by molar-refractivity contribution is 6.12. The molecular weight excluding hydrogens is 652 g/mol. The number of anilines is 2. The lowest BCUT2D eigenvalue weighted by Crippen LogP contribution is -2.48. The predicted octanol–water partition coefficient (Wildman–Crippen LogP) is 2.98. The molecule has 0 radical (unpaired) electrons. The van der Waals surface area contributed by atoms with E-state index in [1.807, 2.05) is 11.0 Å². The number of nitrogens with one attached hydrogen (secondary N) is 1. The van der Waals surface area contributed by atoms with Gasteiger partial charge in [-0.15, -0.1) is 0 Å². The number of aryl methyl sites for hydroxylation is 1. The van der Waals surface area contributed by atoms with Crippen molar-refractivity contribution in [2.75, 3.05) is 90.0 Å². The molecule has 3 N–H and O–H groups in total. The van der Waals surface area contributed by atoms with Gasteiger partial charge in [0.15, 0.2) is 5.82 Å². The second-order valence-corrected chi connectivity index (χ2v) is 12.9. The Labute approximate surface area is 299 Å². The first-order valence-corrected chi connectivity index (χ1v) is 18.0. The number of rotatable bonds is 21. The van der Waals surface area contributed by atoms with Crippen molar-refractivity contribution in [1.82, 2.24) is 29.2 Å². The zero-order valence-corrected chi connectivity index (χ0v) is 30.0. The summed E-state index contributed by atoms with van der Waals surface area (Å²) >= 11 is 0. The topological polar surface area (TPSA) is 157 Å². The van der Waals surface area contributed by atoms with E-state index in [0.717, 1.165) is 60.8 Å². The number of carbonyl (C=O) groups is 3. The molecule has 0 spiro atoms. The molecule has 0 atom stereocenters. The number of nitrogen functional groups attached to an aromatic ring is 1. The van der Waals surface area contributed by atoms with Crippen molar-refractivity contribution >= 4 is 40.5 Å². The van der Waals surface area contributed by atoms with Gasteiger partial charge in [0.2, 0.25) is 11.9 Å². The van der Waals surface area contributed by atoms with Gasteiger partial charge in [-0.2, -0.15) is 4.98 Å². The summed E-state index contributed by atoms with van der Waals surface area (Å²) < 4.78 is 18.7. The van der Waals surface area contributed by atoms with Crippen LogP contribution >= 0.6 is 0 Å². The highest BCUT2D eigenvalue weighted by atomic mass is 16.5. The molecule has 5 rings (SSSR count). The number of unbranched alkanes of at least 4 members (excludes halogenated alkanes) is 2.